The molecule has 42 valence electrons. The number of rotatable bonds is 1. The van der Waals surface area contributed by atoms with Crippen LogP contribution in [0.15, 0.2) is 24.4 Å². The second-order valence-corrected chi connectivity index (χ2v) is 1.34. The third-order valence-electron chi connectivity index (χ3n) is 0.793. The maximum absolute atomic E-state index is 6.85. The molecular weight excluding hydrogens is 100 g/mol. The molecule has 1 aromatic rings. The summed E-state index contributed by atoms with van der Waals surface area (Å²) in [7, 11) is 0. The highest BCUT2D eigenvalue weighted by Gasteiger charge is 1.79. The van der Waals surface area contributed by atoms with E-state index in [1.54, 1.807) is 18.2 Å². The van der Waals surface area contributed by atoms with Crippen molar-refractivity contribution in [1.29, 1.82) is 0 Å². The lowest BCUT2D eigenvalue weighted by Crippen LogP contribution is -1.88. The van der Waals surface area contributed by atoms with E-state index in [9.17, 15) is 0 Å². The second-order valence-electron chi connectivity index (χ2n) is 1.34. The van der Waals surface area contributed by atoms with Gasteiger partial charge >= 0.3 is 0 Å². The Hall–Kier alpha value is -1.05. The largest absolute Gasteiger partial charge is 0.373 e. The number of hydrogen-bond acceptors (Lipinski definition) is 2. The summed E-state index contributed by atoms with van der Waals surface area (Å²) in [4.78, 5) is 3.79. The second kappa shape index (κ2) is 2.31. The van der Waals surface area contributed by atoms with Gasteiger partial charge in [-0.25, -0.2) is 4.98 Å². The molecular formula is C6H8N2. The molecule has 0 saturated heterocycles. The number of pyridine rings is 1. The topological polar surface area (TPSA) is 24.9 Å². The summed E-state index contributed by atoms with van der Waals surface area (Å²) in [5.41, 5.74) is 0. The van der Waals surface area contributed by atoms with Crippen molar-refractivity contribution in [2.45, 2.75) is 0 Å². The van der Waals surface area contributed by atoms with E-state index in [0.717, 1.165) is 0 Å². The summed E-state index contributed by atoms with van der Waals surface area (Å²) in [6, 6.07) is 5.05. The summed E-state index contributed by atoms with van der Waals surface area (Å²) in [5.74, 6) is 0.368. The third kappa shape index (κ3) is 0.964. The van der Waals surface area contributed by atoms with Gasteiger partial charge in [0.05, 0.1) is 0 Å². The Balaban J connectivity index is 2.66. The molecule has 1 N–H and O–H groups in total. The first-order valence-corrected chi connectivity index (χ1v) is 2.27. The molecule has 0 saturated carbocycles. The number of nitrogens with zero attached hydrogens (tertiary/aromatic N) is 1. The average Bonchev–Trinajstić information content (AvgIpc) is 1.85. The quantitative estimate of drug-likeness (QED) is 0.587. The SMILES string of the molecule is [2H]C([2H])([2H])Nc1ccccn1. The van der Waals surface area contributed by atoms with Crippen LogP contribution < -0.4 is 5.32 Å². The Morgan fingerprint density at radius 1 is 1.75 bits per heavy atom. The molecule has 8 heavy (non-hydrogen) atoms. The molecule has 0 aliphatic rings. The monoisotopic (exact) mass is 111 g/mol. The van der Waals surface area contributed by atoms with Crippen LogP contribution in [0.3, 0.4) is 0 Å². The van der Waals surface area contributed by atoms with E-state index < -0.39 is 6.98 Å². The Morgan fingerprint density at radius 2 is 2.75 bits per heavy atom. The fraction of sp³-hybridized carbons (Fsp3) is 0.167. The van der Waals surface area contributed by atoms with Crippen molar-refractivity contribution in [3.8, 4) is 0 Å². The van der Waals surface area contributed by atoms with Crippen molar-refractivity contribution in [1.82, 2.24) is 4.98 Å². The lowest BCUT2D eigenvalue weighted by molar-refractivity contribution is 1.29. The molecule has 2 nitrogen and oxygen atoms in total. The van der Waals surface area contributed by atoms with Gasteiger partial charge in [-0.15, -0.1) is 0 Å². The van der Waals surface area contributed by atoms with Crippen LogP contribution in [0.1, 0.15) is 4.11 Å². The molecule has 0 aliphatic carbocycles. The average molecular weight is 111 g/mol. The van der Waals surface area contributed by atoms with Crippen LogP contribution in [0, 0.1) is 0 Å². The first-order valence-electron chi connectivity index (χ1n) is 3.77. The zero-order chi connectivity index (χ0) is 8.32. The molecule has 0 spiro atoms. The van der Waals surface area contributed by atoms with Gasteiger partial charge in [0.1, 0.15) is 5.82 Å². The van der Waals surface area contributed by atoms with Gasteiger partial charge in [0, 0.05) is 17.3 Å². The van der Waals surface area contributed by atoms with Gasteiger partial charge in [-0.1, -0.05) is 6.07 Å². The molecule has 1 aromatic heterocycles. The lowest BCUT2D eigenvalue weighted by atomic mass is 10.5. The smallest absolute Gasteiger partial charge is 0.125 e. The normalized spacial score (nSPS) is 15.8. The van der Waals surface area contributed by atoms with E-state index in [-0.39, 0.29) is 0 Å². The Labute approximate surface area is 52.8 Å². The Bertz CT molecular complexity index is 219. The highest BCUT2D eigenvalue weighted by atomic mass is 14.9. The molecule has 0 atom stereocenters. The van der Waals surface area contributed by atoms with Crippen LogP contribution in [-0.4, -0.2) is 12.0 Å². The molecule has 0 aromatic carbocycles. The summed E-state index contributed by atoms with van der Waals surface area (Å²) < 4.78 is 20.6. The van der Waals surface area contributed by atoms with Crippen LogP contribution >= 0.6 is 0 Å². The van der Waals surface area contributed by atoms with Gasteiger partial charge < -0.3 is 5.32 Å². The molecule has 1 rings (SSSR count). The maximum Gasteiger partial charge on any atom is 0.125 e. The number of hydrogen-bond donors (Lipinski definition) is 1. The van der Waals surface area contributed by atoms with Gasteiger partial charge in [-0.3, -0.25) is 0 Å². The zero-order valence-electron chi connectivity index (χ0n) is 7.26. The molecule has 0 fully saturated rings. The van der Waals surface area contributed by atoms with E-state index in [4.69, 9.17) is 4.11 Å². The van der Waals surface area contributed by atoms with Gasteiger partial charge in [-0.05, 0) is 12.1 Å². The van der Waals surface area contributed by atoms with Crippen LogP contribution in [0.25, 0.3) is 0 Å². The fourth-order valence-electron chi connectivity index (χ4n) is 0.437. The molecule has 1 heterocycles. The van der Waals surface area contributed by atoms with Gasteiger partial charge in [0.2, 0.25) is 0 Å². The van der Waals surface area contributed by atoms with E-state index in [1.165, 1.54) is 6.20 Å². The number of anilines is 1. The van der Waals surface area contributed by atoms with Gasteiger partial charge in [-0.2, -0.15) is 0 Å². The highest BCUT2D eigenvalue weighted by molar-refractivity contribution is 5.31. The molecule has 0 unspecified atom stereocenters. The molecule has 0 amide bonds. The molecule has 0 aliphatic heterocycles. The highest BCUT2D eigenvalue weighted by Crippen LogP contribution is 1.95. The van der Waals surface area contributed by atoms with Crippen LogP contribution in [0.4, 0.5) is 5.82 Å². The first-order chi connectivity index (χ1) is 5.08. The molecule has 2 heteroatoms. The van der Waals surface area contributed by atoms with Crippen LogP contribution in [0.2, 0.25) is 0 Å². The standard InChI is InChI=1S/C6H8N2/c1-7-6-4-2-3-5-8-6/h2-5H,1H3,(H,7,8)/i1D3. The van der Waals surface area contributed by atoms with Crippen molar-refractivity contribution in [3.05, 3.63) is 24.4 Å². The van der Waals surface area contributed by atoms with Crippen molar-refractivity contribution in [3.63, 3.8) is 0 Å². The fourth-order valence-corrected chi connectivity index (χ4v) is 0.437. The summed E-state index contributed by atoms with van der Waals surface area (Å²) >= 11 is 0. The van der Waals surface area contributed by atoms with E-state index >= 15 is 0 Å². The Morgan fingerprint density at radius 3 is 3.38 bits per heavy atom. The minimum absolute atomic E-state index is 0.368. The summed E-state index contributed by atoms with van der Waals surface area (Å²) in [6.45, 7) is -2.16. The van der Waals surface area contributed by atoms with Crippen molar-refractivity contribution >= 4 is 5.82 Å². The van der Waals surface area contributed by atoms with E-state index in [0.29, 0.717) is 5.82 Å². The van der Waals surface area contributed by atoms with Gasteiger partial charge in [0.15, 0.2) is 0 Å². The zero-order valence-corrected chi connectivity index (χ0v) is 4.26. The van der Waals surface area contributed by atoms with E-state index in [1.807, 2.05) is 0 Å². The first kappa shape index (κ1) is 2.49. The summed E-state index contributed by atoms with van der Waals surface area (Å²) in [5, 5.41) is 2.27. The lowest BCUT2D eigenvalue weighted by Gasteiger charge is -1.92. The van der Waals surface area contributed by atoms with Crippen LogP contribution in [0.5, 0.6) is 0 Å². The van der Waals surface area contributed by atoms with Crippen molar-refractivity contribution in [2.24, 2.45) is 0 Å². The Kier molecular flexibility index (Phi) is 0.717. The van der Waals surface area contributed by atoms with Crippen LogP contribution in [-0.2, 0) is 0 Å². The number of nitrogens with one attached hydrogen (secondary N) is 1. The summed E-state index contributed by atoms with van der Waals surface area (Å²) in [6.07, 6.45) is 1.54. The minimum atomic E-state index is -2.16. The van der Waals surface area contributed by atoms with Crippen molar-refractivity contribution in [2.75, 3.05) is 12.3 Å². The molecule has 0 radical (unpaired) electrons. The van der Waals surface area contributed by atoms with Crippen molar-refractivity contribution < 1.29 is 4.11 Å². The molecule has 0 bridgehead atoms. The minimum Gasteiger partial charge on any atom is -0.373 e. The third-order valence-corrected chi connectivity index (χ3v) is 0.793. The predicted molar refractivity (Wildman–Crippen MR) is 33.8 cm³/mol. The predicted octanol–water partition coefficient (Wildman–Crippen LogP) is 1.12. The van der Waals surface area contributed by atoms with Gasteiger partial charge in [0.25, 0.3) is 0 Å². The number of aromatic nitrogens is 1. The van der Waals surface area contributed by atoms with E-state index in [2.05, 4.69) is 10.3 Å². The maximum atomic E-state index is 6.85.